The summed E-state index contributed by atoms with van der Waals surface area (Å²) in [5.74, 6) is 1.61. The van der Waals surface area contributed by atoms with Gasteiger partial charge in [-0.1, -0.05) is 11.6 Å². The molecule has 1 N–H and O–H groups in total. The first kappa shape index (κ1) is 15.0. The number of halogens is 1. The standard InChI is InChI=1S/C13H15ClN2O3S/c14-10-1-3-11(4-2-10)19-6-5-15-12(17)7-16-9-20-8-13(16)18/h1-4H,5-9H2,(H,15,17). The molecule has 1 fully saturated rings. The number of nitrogens with zero attached hydrogens (tertiary/aromatic N) is 1. The average Bonchev–Trinajstić information content (AvgIpc) is 2.82. The van der Waals surface area contributed by atoms with Crippen molar-refractivity contribution in [3.63, 3.8) is 0 Å². The molecule has 0 aromatic heterocycles. The van der Waals surface area contributed by atoms with Crippen molar-refractivity contribution in [2.24, 2.45) is 0 Å². The highest BCUT2D eigenvalue weighted by molar-refractivity contribution is 8.00. The molecule has 0 unspecified atom stereocenters. The Morgan fingerprint density at radius 1 is 1.40 bits per heavy atom. The second-order valence-corrected chi connectivity index (χ2v) is 5.61. The van der Waals surface area contributed by atoms with E-state index in [1.54, 1.807) is 29.2 Å². The number of ether oxygens (including phenoxy) is 1. The average molecular weight is 315 g/mol. The Kier molecular flexibility index (Phi) is 5.55. The molecule has 0 bridgehead atoms. The van der Waals surface area contributed by atoms with Gasteiger partial charge in [-0.05, 0) is 24.3 Å². The second kappa shape index (κ2) is 7.40. The number of rotatable bonds is 6. The van der Waals surface area contributed by atoms with Crippen molar-refractivity contribution in [1.82, 2.24) is 10.2 Å². The minimum Gasteiger partial charge on any atom is -0.492 e. The maximum Gasteiger partial charge on any atom is 0.239 e. The fourth-order valence-electron chi connectivity index (χ4n) is 1.66. The van der Waals surface area contributed by atoms with Crippen LogP contribution in [-0.4, -0.2) is 48.0 Å². The van der Waals surface area contributed by atoms with Gasteiger partial charge < -0.3 is 15.0 Å². The third kappa shape index (κ3) is 4.61. The lowest BCUT2D eigenvalue weighted by atomic mass is 10.3. The molecule has 0 aliphatic carbocycles. The molecule has 1 heterocycles. The zero-order valence-electron chi connectivity index (χ0n) is 10.8. The summed E-state index contributed by atoms with van der Waals surface area (Å²) in [7, 11) is 0. The summed E-state index contributed by atoms with van der Waals surface area (Å²) in [5.41, 5.74) is 0. The molecular weight excluding hydrogens is 300 g/mol. The molecular formula is C13H15ClN2O3S. The molecule has 2 rings (SSSR count). The minimum absolute atomic E-state index is 0.0163. The van der Waals surface area contributed by atoms with Crippen LogP contribution in [0.15, 0.2) is 24.3 Å². The maximum atomic E-state index is 11.6. The minimum atomic E-state index is -0.166. The largest absolute Gasteiger partial charge is 0.492 e. The van der Waals surface area contributed by atoms with E-state index in [1.807, 2.05) is 0 Å². The molecule has 5 nitrogen and oxygen atoms in total. The number of benzene rings is 1. The zero-order valence-corrected chi connectivity index (χ0v) is 12.4. The van der Waals surface area contributed by atoms with E-state index in [9.17, 15) is 9.59 Å². The summed E-state index contributed by atoms with van der Waals surface area (Å²) in [6.07, 6.45) is 0. The van der Waals surface area contributed by atoms with Crippen LogP contribution >= 0.6 is 23.4 Å². The van der Waals surface area contributed by atoms with Crippen LogP contribution in [0.1, 0.15) is 0 Å². The van der Waals surface area contributed by atoms with Gasteiger partial charge >= 0.3 is 0 Å². The van der Waals surface area contributed by atoms with Crippen molar-refractivity contribution in [2.45, 2.75) is 0 Å². The molecule has 0 radical (unpaired) electrons. The molecule has 108 valence electrons. The first-order chi connectivity index (χ1) is 9.65. The fourth-order valence-corrected chi connectivity index (χ4v) is 2.69. The normalized spacial score (nSPS) is 14.4. The lowest BCUT2D eigenvalue weighted by Gasteiger charge is -2.14. The monoisotopic (exact) mass is 314 g/mol. The van der Waals surface area contributed by atoms with E-state index in [4.69, 9.17) is 16.3 Å². The summed E-state index contributed by atoms with van der Waals surface area (Å²) in [5, 5.41) is 3.37. The highest BCUT2D eigenvalue weighted by Crippen LogP contribution is 2.15. The van der Waals surface area contributed by atoms with Crippen LogP contribution in [0, 0.1) is 0 Å². The first-order valence-electron chi connectivity index (χ1n) is 6.16. The van der Waals surface area contributed by atoms with Gasteiger partial charge in [0.25, 0.3) is 0 Å². The molecule has 0 atom stereocenters. The van der Waals surface area contributed by atoms with E-state index in [0.717, 1.165) is 0 Å². The van der Waals surface area contributed by atoms with Gasteiger partial charge in [0.1, 0.15) is 18.9 Å². The van der Waals surface area contributed by atoms with Crippen molar-refractivity contribution >= 4 is 35.2 Å². The van der Waals surface area contributed by atoms with Gasteiger partial charge in [0.05, 0.1) is 18.2 Å². The Balaban J connectivity index is 1.62. The third-order valence-corrected chi connectivity index (χ3v) is 3.86. The SMILES string of the molecule is O=C(CN1CSCC1=O)NCCOc1ccc(Cl)cc1. The van der Waals surface area contributed by atoms with E-state index < -0.39 is 0 Å². The molecule has 20 heavy (non-hydrogen) atoms. The number of thioether (sulfide) groups is 1. The highest BCUT2D eigenvalue weighted by atomic mass is 35.5. The molecule has 7 heteroatoms. The third-order valence-electron chi connectivity index (χ3n) is 2.67. The van der Waals surface area contributed by atoms with Gasteiger partial charge in [-0.3, -0.25) is 9.59 Å². The molecule has 2 amide bonds. The van der Waals surface area contributed by atoms with E-state index in [0.29, 0.717) is 35.6 Å². The predicted molar refractivity (Wildman–Crippen MR) is 79.0 cm³/mol. The van der Waals surface area contributed by atoms with Crippen LogP contribution in [0.4, 0.5) is 0 Å². The van der Waals surface area contributed by atoms with Gasteiger partial charge in [-0.2, -0.15) is 0 Å². The lowest BCUT2D eigenvalue weighted by molar-refractivity contribution is -0.132. The molecule has 1 aliphatic heterocycles. The number of carbonyl (C=O) groups excluding carboxylic acids is 2. The van der Waals surface area contributed by atoms with E-state index in [1.165, 1.54) is 11.8 Å². The summed E-state index contributed by atoms with van der Waals surface area (Å²) in [6.45, 7) is 0.888. The molecule has 1 saturated heterocycles. The highest BCUT2D eigenvalue weighted by Gasteiger charge is 2.22. The van der Waals surface area contributed by atoms with Crippen LogP contribution in [0.3, 0.4) is 0 Å². The van der Waals surface area contributed by atoms with Crippen molar-refractivity contribution in [1.29, 1.82) is 0 Å². The van der Waals surface area contributed by atoms with E-state index >= 15 is 0 Å². The number of hydrogen-bond donors (Lipinski definition) is 1. The number of carbonyl (C=O) groups is 2. The van der Waals surface area contributed by atoms with Gasteiger partial charge in [-0.15, -0.1) is 11.8 Å². The molecule has 0 spiro atoms. The first-order valence-corrected chi connectivity index (χ1v) is 7.69. The summed E-state index contributed by atoms with van der Waals surface area (Å²) >= 11 is 7.28. The van der Waals surface area contributed by atoms with Gasteiger partial charge in [0.2, 0.25) is 11.8 Å². The van der Waals surface area contributed by atoms with Crippen molar-refractivity contribution in [2.75, 3.05) is 31.3 Å². The maximum absolute atomic E-state index is 11.6. The van der Waals surface area contributed by atoms with Gasteiger partial charge in [-0.25, -0.2) is 0 Å². The predicted octanol–water partition coefficient (Wildman–Crippen LogP) is 1.37. The Hall–Kier alpha value is -1.40. The molecule has 1 aliphatic rings. The molecule has 1 aromatic rings. The topological polar surface area (TPSA) is 58.6 Å². The number of hydrogen-bond acceptors (Lipinski definition) is 4. The summed E-state index contributed by atoms with van der Waals surface area (Å²) < 4.78 is 5.44. The Morgan fingerprint density at radius 2 is 2.15 bits per heavy atom. The van der Waals surface area contributed by atoms with Crippen molar-refractivity contribution < 1.29 is 14.3 Å². The van der Waals surface area contributed by atoms with Crippen LogP contribution in [0.25, 0.3) is 0 Å². The van der Waals surface area contributed by atoms with Crippen LogP contribution < -0.4 is 10.1 Å². The molecule has 0 saturated carbocycles. The summed E-state index contributed by atoms with van der Waals surface area (Å²) in [6, 6.07) is 7.02. The Labute approximate surface area is 126 Å². The second-order valence-electron chi connectivity index (χ2n) is 4.22. The van der Waals surface area contributed by atoms with Crippen LogP contribution in [-0.2, 0) is 9.59 Å². The van der Waals surface area contributed by atoms with Crippen molar-refractivity contribution in [3.05, 3.63) is 29.3 Å². The number of amides is 2. The smallest absolute Gasteiger partial charge is 0.239 e. The zero-order chi connectivity index (χ0) is 14.4. The Bertz CT molecular complexity index is 481. The van der Waals surface area contributed by atoms with Gasteiger partial charge in [0, 0.05) is 5.02 Å². The Morgan fingerprint density at radius 3 is 2.80 bits per heavy atom. The fraction of sp³-hybridized carbons (Fsp3) is 0.385. The quantitative estimate of drug-likeness (QED) is 0.806. The van der Waals surface area contributed by atoms with Crippen LogP contribution in [0.2, 0.25) is 5.02 Å². The lowest BCUT2D eigenvalue weighted by Crippen LogP contribution is -2.39. The van der Waals surface area contributed by atoms with E-state index in [-0.39, 0.29) is 18.4 Å². The summed E-state index contributed by atoms with van der Waals surface area (Å²) in [4.78, 5) is 24.5. The number of nitrogens with one attached hydrogen (secondary N) is 1. The van der Waals surface area contributed by atoms with Crippen LogP contribution in [0.5, 0.6) is 5.75 Å². The molecule has 1 aromatic carbocycles. The van der Waals surface area contributed by atoms with Crippen molar-refractivity contribution in [3.8, 4) is 5.75 Å². The van der Waals surface area contributed by atoms with E-state index in [2.05, 4.69) is 5.32 Å². The van der Waals surface area contributed by atoms with Gasteiger partial charge in [0.15, 0.2) is 0 Å².